The summed E-state index contributed by atoms with van der Waals surface area (Å²) in [4.78, 5) is 27.7. The Morgan fingerprint density at radius 1 is 1.28 bits per heavy atom. The molecule has 1 aliphatic rings. The first-order valence-electron chi connectivity index (χ1n) is 9.58. The molecule has 8 heteroatoms. The van der Waals surface area contributed by atoms with Crippen LogP contribution >= 0.6 is 0 Å². The number of carbonyl (C=O) groups is 1. The lowest BCUT2D eigenvalue weighted by Gasteiger charge is -2.30. The second kappa shape index (κ2) is 9.11. The average molecular weight is 399 g/mol. The molecule has 2 aromatic rings. The molecule has 0 spiro atoms. The fourth-order valence-electron chi connectivity index (χ4n) is 4.07. The number of pyridine rings is 1. The van der Waals surface area contributed by atoms with Crippen molar-refractivity contribution in [1.29, 1.82) is 0 Å². The highest BCUT2D eigenvalue weighted by molar-refractivity contribution is 5.75. The third-order valence-electron chi connectivity index (χ3n) is 5.35. The number of nitro groups is 1. The number of nitrogens with zero attached hydrogens (tertiary/aromatic N) is 2. The van der Waals surface area contributed by atoms with E-state index in [1.165, 1.54) is 6.20 Å². The summed E-state index contributed by atoms with van der Waals surface area (Å²) in [6.45, 7) is 4.04. The van der Waals surface area contributed by atoms with E-state index in [2.05, 4.69) is 10.3 Å². The lowest BCUT2D eigenvalue weighted by molar-refractivity contribution is -0.535. The van der Waals surface area contributed by atoms with E-state index in [0.717, 1.165) is 5.56 Å². The van der Waals surface area contributed by atoms with E-state index in [4.69, 9.17) is 4.74 Å². The molecule has 154 valence electrons. The topological polar surface area (TPSA) is 115 Å². The maximum atomic E-state index is 12.1. The van der Waals surface area contributed by atoms with Gasteiger partial charge in [-0.15, -0.1) is 0 Å². The molecule has 2 N–H and O–H groups in total. The summed E-state index contributed by atoms with van der Waals surface area (Å²) in [5.74, 6) is -2.07. The molecule has 1 aromatic carbocycles. The molecule has 0 radical (unpaired) electrons. The van der Waals surface area contributed by atoms with Crippen molar-refractivity contribution in [3.63, 3.8) is 0 Å². The minimum absolute atomic E-state index is 0.109. The summed E-state index contributed by atoms with van der Waals surface area (Å²) in [5, 5.41) is 24.8. The Labute approximate surface area is 169 Å². The van der Waals surface area contributed by atoms with Gasteiger partial charge in [-0.2, -0.15) is 0 Å². The zero-order chi connectivity index (χ0) is 21.0. The van der Waals surface area contributed by atoms with Gasteiger partial charge in [-0.05, 0) is 23.1 Å². The van der Waals surface area contributed by atoms with Gasteiger partial charge in [-0.25, -0.2) is 0 Å². The van der Waals surface area contributed by atoms with Crippen LogP contribution in [0.4, 0.5) is 0 Å². The predicted molar refractivity (Wildman–Crippen MR) is 106 cm³/mol. The van der Waals surface area contributed by atoms with Gasteiger partial charge in [0, 0.05) is 17.3 Å². The Morgan fingerprint density at radius 3 is 2.55 bits per heavy atom. The molecule has 1 aromatic heterocycles. The molecule has 3 rings (SSSR count). The number of benzene rings is 1. The van der Waals surface area contributed by atoms with Crippen LogP contribution in [-0.4, -0.2) is 39.2 Å². The quantitative estimate of drug-likeness (QED) is 0.518. The monoisotopic (exact) mass is 399 g/mol. The van der Waals surface area contributed by atoms with Crippen molar-refractivity contribution >= 4 is 5.97 Å². The highest BCUT2D eigenvalue weighted by Crippen LogP contribution is 2.39. The summed E-state index contributed by atoms with van der Waals surface area (Å²) in [6, 6.07) is 9.88. The second-order valence-electron chi connectivity index (χ2n) is 7.61. The van der Waals surface area contributed by atoms with Crippen molar-refractivity contribution in [2.75, 3.05) is 0 Å². The number of carboxylic acid groups (broad SMARTS) is 1. The van der Waals surface area contributed by atoms with Gasteiger partial charge in [-0.1, -0.05) is 50.2 Å². The van der Waals surface area contributed by atoms with Gasteiger partial charge in [0.15, 0.2) is 0 Å². The highest BCUT2D eigenvalue weighted by Gasteiger charge is 2.57. The van der Waals surface area contributed by atoms with Crippen molar-refractivity contribution in [1.82, 2.24) is 10.3 Å². The number of nitrogens with one attached hydrogen (secondary N) is 1. The van der Waals surface area contributed by atoms with Crippen LogP contribution in [0, 0.1) is 22.0 Å². The van der Waals surface area contributed by atoms with Gasteiger partial charge in [0.25, 0.3) is 0 Å². The molecule has 1 aliphatic heterocycles. The van der Waals surface area contributed by atoms with E-state index in [9.17, 15) is 20.0 Å². The molecule has 1 fully saturated rings. The normalized spacial score (nSPS) is 25.1. The minimum Gasteiger partial charge on any atom is -0.480 e. The average Bonchev–Trinajstić information content (AvgIpc) is 3.10. The second-order valence-corrected chi connectivity index (χ2v) is 7.61. The smallest absolute Gasteiger partial charge is 0.321 e. The summed E-state index contributed by atoms with van der Waals surface area (Å²) in [5.41, 5.74) is 1.52. The number of ether oxygens (including phenoxy) is 1. The van der Waals surface area contributed by atoms with Gasteiger partial charge in [-0.3, -0.25) is 25.2 Å². The zero-order valence-corrected chi connectivity index (χ0v) is 16.3. The molecule has 5 atom stereocenters. The first-order valence-corrected chi connectivity index (χ1v) is 9.58. The Bertz CT molecular complexity index is 831. The van der Waals surface area contributed by atoms with Crippen LogP contribution in [-0.2, 0) is 16.1 Å². The SMILES string of the molecule is CC(C)C(OCc1ccccc1)[C@H]1[C@H]([N+](=O)[O-])[C@H](c2cccnc2)N[C@@H]1C(=O)O. The van der Waals surface area contributed by atoms with Crippen molar-refractivity contribution in [3.05, 3.63) is 76.1 Å². The van der Waals surface area contributed by atoms with Crippen molar-refractivity contribution < 1.29 is 19.6 Å². The molecule has 2 heterocycles. The molecule has 1 saturated heterocycles. The van der Waals surface area contributed by atoms with Crippen molar-refractivity contribution in [2.24, 2.45) is 11.8 Å². The van der Waals surface area contributed by atoms with E-state index in [1.54, 1.807) is 18.3 Å². The molecule has 0 aliphatic carbocycles. The first kappa shape index (κ1) is 20.9. The Morgan fingerprint density at radius 2 is 2.00 bits per heavy atom. The van der Waals surface area contributed by atoms with Crippen molar-refractivity contribution in [3.8, 4) is 0 Å². The predicted octanol–water partition coefficient (Wildman–Crippen LogP) is 2.68. The molecule has 8 nitrogen and oxygen atoms in total. The van der Waals surface area contributed by atoms with Crippen molar-refractivity contribution in [2.45, 2.75) is 44.7 Å². The molecule has 0 amide bonds. The summed E-state index contributed by atoms with van der Waals surface area (Å²) in [7, 11) is 0. The molecule has 0 bridgehead atoms. The largest absolute Gasteiger partial charge is 0.480 e. The Balaban J connectivity index is 1.94. The maximum absolute atomic E-state index is 12.1. The van der Waals surface area contributed by atoms with Crippen LogP contribution in [0.25, 0.3) is 0 Å². The zero-order valence-electron chi connectivity index (χ0n) is 16.3. The van der Waals surface area contributed by atoms with E-state index in [1.807, 2.05) is 44.2 Å². The first-order chi connectivity index (χ1) is 13.9. The number of aromatic nitrogens is 1. The highest BCUT2D eigenvalue weighted by atomic mass is 16.6. The number of carboxylic acids is 1. The van der Waals surface area contributed by atoms with Gasteiger partial charge >= 0.3 is 5.97 Å². The summed E-state index contributed by atoms with van der Waals surface area (Å²) in [6.07, 6.45) is 2.50. The van der Waals surface area contributed by atoms with Gasteiger partial charge in [0.1, 0.15) is 12.1 Å². The van der Waals surface area contributed by atoms with Crippen LogP contribution in [0.1, 0.15) is 31.0 Å². The van der Waals surface area contributed by atoms with Gasteiger partial charge < -0.3 is 9.84 Å². The Kier molecular flexibility index (Phi) is 6.56. The van der Waals surface area contributed by atoms with E-state index in [-0.39, 0.29) is 17.4 Å². The third kappa shape index (κ3) is 4.60. The van der Waals surface area contributed by atoms with Crippen LogP contribution in [0.15, 0.2) is 54.9 Å². The number of aliphatic carboxylic acids is 1. The lowest BCUT2D eigenvalue weighted by atomic mass is 9.82. The summed E-state index contributed by atoms with van der Waals surface area (Å²) >= 11 is 0. The fraction of sp³-hybridized carbons (Fsp3) is 0.429. The van der Waals surface area contributed by atoms with Crippen LogP contribution in [0.2, 0.25) is 0 Å². The van der Waals surface area contributed by atoms with Crippen LogP contribution < -0.4 is 5.32 Å². The van der Waals surface area contributed by atoms with E-state index >= 15 is 0 Å². The molecule has 1 unspecified atom stereocenters. The van der Waals surface area contributed by atoms with Gasteiger partial charge in [0.2, 0.25) is 6.04 Å². The van der Waals surface area contributed by atoms with Crippen LogP contribution in [0.3, 0.4) is 0 Å². The van der Waals surface area contributed by atoms with E-state index in [0.29, 0.717) is 5.56 Å². The minimum atomic E-state index is -1.15. The standard InChI is InChI=1S/C21H25N3O5/c1-13(2)20(29-12-14-7-4-3-5-8-14)16-18(21(25)26)23-17(19(16)24(27)28)15-9-6-10-22-11-15/h3-11,13,16-20,23H,12H2,1-2H3,(H,25,26)/t16-,17+,18+,19+,20?/m1/s1. The van der Waals surface area contributed by atoms with E-state index < -0.39 is 36.1 Å². The molecular formula is C21H25N3O5. The fourth-order valence-corrected chi connectivity index (χ4v) is 4.07. The Hall–Kier alpha value is -2.84. The number of hydrogen-bond acceptors (Lipinski definition) is 6. The van der Waals surface area contributed by atoms with Crippen LogP contribution in [0.5, 0.6) is 0 Å². The maximum Gasteiger partial charge on any atom is 0.321 e. The lowest BCUT2D eigenvalue weighted by Crippen LogP contribution is -2.47. The molecule has 0 saturated carbocycles. The number of rotatable bonds is 8. The number of hydrogen-bond donors (Lipinski definition) is 2. The molecule has 29 heavy (non-hydrogen) atoms. The third-order valence-corrected chi connectivity index (χ3v) is 5.35. The summed E-state index contributed by atoms with van der Waals surface area (Å²) < 4.78 is 6.10. The van der Waals surface area contributed by atoms with Gasteiger partial charge in [0.05, 0.1) is 18.6 Å². The molecular weight excluding hydrogens is 374 g/mol.